The fourth-order valence-corrected chi connectivity index (χ4v) is 2.98. The number of nitrogens with one attached hydrogen (secondary N) is 1. The van der Waals surface area contributed by atoms with E-state index in [-0.39, 0.29) is 18.4 Å². The highest BCUT2D eigenvalue weighted by Crippen LogP contribution is 2.27. The first-order chi connectivity index (χ1) is 10.6. The average molecular weight is 318 g/mol. The van der Waals surface area contributed by atoms with Crippen LogP contribution in [0.5, 0.6) is 0 Å². The fraction of sp³-hybridized carbons (Fsp3) is 0.412. The van der Waals surface area contributed by atoms with Crippen molar-refractivity contribution in [1.29, 1.82) is 0 Å². The van der Waals surface area contributed by atoms with Crippen LogP contribution in [0.3, 0.4) is 0 Å². The van der Waals surface area contributed by atoms with Gasteiger partial charge in [-0.05, 0) is 23.3 Å². The van der Waals surface area contributed by atoms with Crippen LogP contribution in [0, 0.1) is 5.92 Å². The van der Waals surface area contributed by atoms with Gasteiger partial charge in [-0.15, -0.1) is 11.8 Å². The molecule has 118 valence electrons. The molecule has 5 heteroatoms. The molecular weight excluding hydrogens is 296 g/mol. The van der Waals surface area contributed by atoms with Crippen LogP contribution >= 0.6 is 11.8 Å². The van der Waals surface area contributed by atoms with Crippen molar-refractivity contribution in [1.82, 2.24) is 10.2 Å². The van der Waals surface area contributed by atoms with E-state index in [1.165, 1.54) is 11.8 Å². The van der Waals surface area contributed by atoms with Crippen LogP contribution in [-0.2, 0) is 9.59 Å². The van der Waals surface area contributed by atoms with E-state index < -0.39 is 0 Å². The highest BCUT2D eigenvalue weighted by Gasteiger charge is 2.25. The molecule has 1 aromatic carbocycles. The Morgan fingerprint density at radius 1 is 1.32 bits per heavy atom. The molecular formula is C17H22N2O2S. The number of amides is 2. The smallest absolute Gasteiger partial charge is 0.240 e. The van der Waals surface area contributed by atoms with E-state index in [1.54, 1.807) is 4.90 Å². The Morgan fingerprint density at radius 2 is 2.05 bits per heavy atom. The fourth-order valence-electron chi connectivity index (χ4n) is 2.17. The van der Waals surface area contributed by atoms with Gasteiger partial charge >= 0.3 is 0 Å². The zero-order valence-corrected chi connectivity index (χ0v) is 13.9. The highest BCUT2D eigenvalue weighted by atomic mass is 32.2. The Morgan fingerprint density at radius 3 is 2.73 bits per heavy atom. The summed E-state index contributed by atoms with van der Waals surface area (Å²) < 4.78 is 0. The molecule has 0 unspecified atom stereocenters. The highest BCUT2D eigenvalue weighted by molar-refractivity contribution is 8.03. The number of carbonyl (C=O) groups excluding carboxylic acids is 2. The molecule has 0 atom stereocenters. The first kappa shape index (κ1) is 16.6. The number of benzene rings is 1. The van der Waals surface area contributed by atoms with Crippen LogP contribution in [0.25, 0.3) is 5.70 Å². The molecule has 1 aliphatic rings. The summed E-state index contributed by atoms with van der Waals surface area (Å²) in [5.74, 6) is 0.802. The molecule has 0 bridgehead atoms. The quantitative estimate of drug-likeness (QED) is 0.877. The lowest BCUT2D eigenvalue weighted by Gasteiger charge is -2.28. The van der Waals surface area contributed by atoms with Gasteiger partial charge in [-0.2, -0.15) is 0 Å². The second kappa shape index (κ2) is 8.03. The van der Waals surface area contributed by atoms with E-state index in [2.05, 4.69) is 19.2 Å². The third-order valence-electron chi connectivity index (χ3n) is 3.41. The lowest BCUT2D eigenvalue weighted by molar-refractivity contribution is -0.131. The summed E-state index contributed by atoms with van der Waals surface area (Å²) in [4.78, 5) is 25.8. The van der Waals surface area contributed by atoms with Crippen molar-refractivity contribution in [2.45, 2.75) is 20.3 Å². The molecule has 2 rings (SSSR count). The number of hydrogen-bond acceptors (Lipinski definition) is 3. The van der Waals surface area contributed by atoms with E-state index >= 15 is 0 Å². The minimum Gasteiger partial charge on any atom is -0.355 e. The number of rotatable bonds is 6. The Hall–Kier alpha value is -1.75. The van der Waals surface area contributed by atoms with Crippen molar-refractivity contribution < 1.29 is 9.59 Å². The first-order valence-corrected chi connectivity index (χ1v) is 8.57. The Balaban J connectivity index is 2.03. The predicted molar refractivity (Wildman–Crippen MR) is 91.1 cm³/mol. The molecule has 1 heterocycles. The molecule has 2 amide bonds. The van der Waals surface area contributed by atoms with Gasteiger partial charge in [-0.1, -0.05) is 44.2 Å². The van der Waals surface area contributed by atoms with Gasteiger partial charge in [0.15, 0.2) is 0 Å². The van der Waals surface area contributed by atoms with Crippen LogP contribution in [0.4, 0.5) is 0 Å². The van der Waals surface area contributed by atoms with E-state index in [1.807, 2.05) is 35.7 Å². The maximum atomic E-state index is 12.2. The summed E-state index contributed by atoms with van der Waals surface area (Å²) in [6.07, 6.45) is 0.941. The number of nitrogens with zero attached hydrogens (tertiary/aromatic N) is 1. The van der Waals surface area contributed by atoms with Crippen molar-refractivity contribution in [3.05, 3.63) is 41.3 Å². The zero-order valence-electron chi connectivity index (χ0n) is 13.0. The summed E-state index contributed by atoms with van der Waals surface area (Å²) in [6.45, 7) is 4.97. The predicted octanol–water partition coefficient (Wildman–Crippen LogP) is 2.72. The van der Waals surface area contributed by atoms with Crippen LogP contribution in [0.15, 0.2) is 35.7 Å². The molecule has 0 aliphatic carbocycles. The summed E-state index contributed by atoms with van der Waals surface area (Å²) in [6, 6.07) is 9.70. The third kappa shape index (κ3) is 4.63. The molecule has 0 saturated carbocycles. The molecule has 1 aromatic rings. The molecule has 0 fully saturated rings. The molecule has 1 aliphatic heterocycles. The minimum atomic E-state index is -0.109. The van der Waals surface area contributed by atoms with Gasteiger partial charge in [-0.3, -0.25) is 9.59 Å². The van der Waals surface area contributed by atoms with E-state index in [0.29, 0.717) is 18.2 Å². The van der Waals surface area contributed by atoms with E-state index in [0.717, 1.165) is 17.7 Å². The van der Waals surface area contributed by atoms with Crippen molar-refractivity contribution >= 4 is 29.3 Å². The van der Waals surface area contributed by atoms with Gasteiger partial charge in [0, 0.05) is 6.54 Å². The van der Waals surface area contributed by atoms with Crippen molar-refractivity contribution in [2.75, 3.05) is 18.8 Å². The lowest BCUT2D eigenvalue weighted by atomic mass is 10.1. The topological polar surface area (TPSA) is 49.4 Å². The van der Waals surface area contributed by atoms with Crippen molar-refractivity contribution in [3.63, 3.8) is 0 Å². The van der Waals surface area contributed by atoms with Gasteiger partial charge in [0.2, 0.25) is 11.8 Å². The second-order valence-electron chi connectivity index (χ2n) is 5.69. The normalized spacial score (nSPS) is 15.0. The van der Waals surface area contributed by atoms with Gasteiger partial charge in [0.1, 0.15) is 6.54 Å². The summed E-state index contributed by atoms with van der Waals surface area (Å²) in [7, 11) is 0. The number of thioether (sulfide) groups is 1. The molecule has 0 radical (unpaired) electrons. The van der Waals surface area contributed by atoms with E-state index in [4.69, 9.17) is 0 Å². The lowest BCUT2D eigenvalue weighted by Crippen LogP contribution is -2.41. The van der Waals surface area contributed by atoms with Crippen molar-refractivity contribution in [2.24, 2.45) is 5.92 Å². The molecule has 0 aromatic heterocycles. The Kier molecular flexibility index (Phi) is 6.07. The second-order valence-corrected chi connectivity index (χ2v) is 6.55. The Labute approximate surface area is 136 Å². The van der Waals surface area contributed by atoms with Crippen molar-refractivity contribution in [3.8, 4) is 0 Å². The Bertz CT molecular complexity index is 555. The van der Waals surface area contributed by atoms with Gasteiger partial charge in [0.25, 0.3) is 0 Å². The summed E-state index contributed by atoms with van der Waals surface area (Å²) in [5, 5.41) is 4.84. The summed E-state index contributed by atoms with van der Waals surface area (Å²) >= 11 is 1.47. The summed E-state index contributed by atoms with van der Waals surface area (Å²) in [5.41, 5.74) is 1.76. The SMILES string of the molecule is CC(C)CCNC(=O)CN1C(=O)CSC=C1c1ccccc1. The number of hydrogen-bond donors (Lipinski definition) is 1. The minimum absolute atomic E-state index is 0.0228. The van der Waals surface area contributed by atoms with Crippen LogP contribution < -0.4 is 5.32 Å². The monoisotopic (exact) mass is 318 g/mol. The standard InChI is InChI=1S/C17H22N2O2S/c1-13(2)8-9-18-16(20)10-19-15(11-22-12-17(19)21)14-6-4-3-5-7-14/h3-7,11,13H,8-10,12H2,1-2H3,(H,18,20). The van der Waals surface area contributed by atoms with Crippen LogP contribution in [0.1, 0.15) is 25.8 Å². The third-order valence-corrected chi connectivity index (χ3v) is 4.21. The maximum Gasteiger partial charge on any atom is 0.240 e. The molecule has 1 N–H and O–H groups in total. The van der Waals surface area contributed by atoms with Gasteiger partial charge in [0.05, 0.1) is 11.4 Å². The molecule has 4 nitrogen and oxygen atoms in total. The largest absolute Gasteiger partial charge is 0.355 e. The zero-order chi connectivity index (χ0) is 15.9. The van der Waals surface area contributed by atoms with Gasteiger partial charge in [-0.25, -0.2) is 0 Å². The van der Waals surface area contributed by atoms with Crippen LogP contribution in [0.2, 0.25) is 0 Å². The van der Waals surface area contributed by atoms with Crippen LogP contribution in [-0.4, -0.2) is 35.6 Å². The number of carbonyl (C=O) groups is 2. The van der Waals surface area contributed by atoms with E-state index in [9.17, 15) is 9.59 Å². The van der Waals surface area contributed by atoms with Gasteiger partial charge < -0.3 is 10.2 Å². The first-order valence-electron chi connectivity index (χ1n) is 7.52. The average Bonchev–Trinajstić information content (AvgIpc) is 2.50. The molecule has 22 heavy (non-hydrogen) atoms. The maximum absolute atomic E-state index is 12.2. The molecule has 0 spiro atoms. The molecule has 0 saturated heterocycles.